The topological polar surface area (TPSA) is 105 Å². The number of rotatable bonds is 4. The Bertz CT molecular complexity index is 862. The van der Waals surface area contributed by atoms with Crippen molar-refractivity contribution in [2.24, 2.45) is 0 Å². The van der Waals surface area contributed by atoms with Gasteiger partial charge in [-0.2, -0.15) is 0 Å². The lowest BCUT2D eigenvalue weighted by Gasteiger charge is -2.34. The normalized spacial score (nSPS) is 17.2. The van der Waals surface area contributed by atoms with E-state index in [4.69, 9.17) is 9.84 Å². The Morgan fingerprint density at radius 2 is 2.14 bits per heavy atom. The minimum Gasteiger partial charge on any atom is -0.477 e. The van der Waals surface area contributed by atoms with Crippen molar-refractivity contribution < 1.29 is 19.4 Å². The number of carboxylic acid groups (broad SMARTS) is 1. The number of ether oxygens (including phenoxy) is 1. The number of likely N-dealkylation sites (tertiary alicyclic amines) is 1. The predicted octanol–water partition coefficient (Wildman–Crippen LogP) is 4.09. The third-order valence-electron chi connectivity index (χ3n) is 4.21. The van der Waals surface area contributed by atoms with Gasteiger partial charge in [0.2, 0.25) is 0 Å². The maximum absolute atomic E-state index is 12.4. The van der Waals surface area contributed by atoms with Crippen molar-refractivity contribution >= 4 is 34.3 Å². The average Bonchev–Trinajstić information content (AvgIpc) is 3.09. The van der Waals surface area contributed by atoms with Crippen LogP contribution in [0.15, 0.2) is 24.4 Å². The molecule has 8 nitrogen and oxygen atoms in total. The van der Waals surface area contributed by atoms with E-state index < -0.39 is 11.6 Å². The van der Waals surface area contributed by atoms with Crippen LogP contribution < -0.4 is 5.32 Å². The minimum absolute atomic E-state index is 0.119. The van der Waals surface area contributed by atoms with E-state index in [1.165, 1.54) is 6.20 Å². The van der Waals surface area contributed by atoms with E-state index in [1.54, 1.807) is 11.0 Å². The van der Waals surface area contributed by atoms with E-state index >= 15 is 0 Å². The molecule has 9 heteroatoms. The number of carboxylic acids is 1. The number of carbonyl (C=O) groups excluding carboxylic acids is 1. The van der Waals surface area contributed by atoms with E-state index in [0.717, 1.165) is 29.9 Å². The lowest BCUT2D eigenvalue weighted by molar-refractivity contribution is 0.0197. The molecule has 1 aliphatic rings. The fourth-order valence-electron chi connectivity index (χ4n) is 3.00. The zero-order valence-electron chi connectivity index (χ0n) is 16.1. The molecule has 2 N–H and O–H groups in total. The van der Waals surface area contributed by atoms with Gasteiger partial charge in [-0.15, -0.1) is 0 Å². The van der Waals surface area contributed by atoms with Gasteiger partial charge in [0, 0.05) is 24.7 Å². The highest BCUT2D eigenvalue weighted by Gasteiger charge is 2.29. The van der Waals surface area contributed by atoms with Crippen LogP contribution in [0.3, 0.4) is 0 Å². The molecule has 3 rings (SSSR count). The van der Waals surface area contributed by atoms with Gasteiger partial charge in [-0.1, -0.05) is 17.4 Å². The number of amides is 1. The number of aromatic nitrogens is 2. The van der Waals surface area contributed by atoms with Crippen molar-refractivity contribution in [2.75, 3.05) is 18.4 Å². The van der Waals surface area contributed by atoms with Gasteiger partial charge in [-0.05, 0) is 45.7 Å². The molecule has 150 valence electrons. The SMILES string of the molecule is CC(C)(C)OC(=O)N1CCCC(c2cccc(Nc3ncc(C(=O)O)s3)n2)C1. The van der Waals surface area contributed by atoms with Crippen LogP contribution in [0.25, 0.3) is 0 Å². The van der Waals surface area contributed by atoms with Gasteiger partial charge in [0.15, 0.2) is 5.13 Å². The Hall–Kier alpha value is -2.68. The van der Waals surface area contributed by atoms with Crippen LogP contribution in [0.4, 0.5) is 15.7 Å². The Balaban J connectivity index is 1.68. The summed E-state index contributed by atoms with van der Waals surface area (Å²) in [5.74, 6) is -0.288. The first-order chi connectivity index (χ1) is 13.2. The number of nitrogens with zero attached hydrogens (tertiary/aromatic N) is 3. The first kappa shape index (κ1) is 20.1. The zero-order chi connectivity index (χ0) is 20.3. The summed E-state index contributed by atoms with van der Waals surface area (Å²) < 4.78 is 5.49. The monoisotopic (exact) mass is 404 g/mol. The second kappa shape index (κ2) is 8.14. The Kier molecular flexibility index (Phi) is 5.83. The van der Waals surface area contributed by atoms with E-state index in [-0.39, 0.29) is 16.9 Å². The molecule has 1 unspecified atom stereocenters. The van der Waals surface area contributed by atoms with Gasteiger partial charge >= 0.3 is 12.1 Å². The van der Waals surface area contributed by atoms with Gasteiger partial charge in [-0.25, -0.2) is 19.6 Å². The van der Waals surface area contributed by atoms with Gasteiger partial charge in [0.25, 0.3) is 0 Å². The molecule has 0 aliphatic carbocycles. The molecule has 1 atom stereocenters. The van der Waals surface area contributed by atoms with Gasteiger partial charge in [0.05, 0.1) is 6.20 Å². The molecule has 28 heavy (non-hydrogen) atoms. The largest absolute Gasteiger partial charge is 0.477 e. The van der Waals surface area contributed by atoms with Crippen molar-refractivity contribution in [1.82, 2.24) is 14.9 Å². The van der Waals surface area contributed by atoms with E-state index in [9.17, 15) is 9.59 Å². The highest BCUT2D eigenvalue weighted by atomic mass is 32.1. The van der Waals surface area contributed by atoms with E-state index in [2.05, 4.69) is 15.3 Å². The highest BCUT2D eigenvalue weighted by Crippen LogP contribution is 2.28. The van der Waals surface area contributed by atoms with Crippen molar-refractivity contribution in [3.63, 3.8) is 0 Å². The smallest absolute Gasteiger partial charge is 0.410 e. The van der Waals surface area contributed by atoms with E-state index in [0.29, 0.717) is 24.0 Å². The lowest BCUT2D eigenvalue weighted by atomic mass is 9.94. The Morgan fingerprint density at radius 1 is 1.36 bits per heavy atom. The second-order valence-corrected chi connectivity index (χ2v) is 8.70. The number of nitrogens with one attached hydrogen (secondary N) is 1. The highest BCUT2D eigenvalue weighted by molar-refractivity contribution is 7.17. The van der Waals surface area contributed by atoms with Gasteiger partial charge in [-0.3, -0.25) is 0 Å². The van der Waals surface area contributed by atoms with Crippen LogP contribution in [-0.2, 0) is 4.74 Å². The third kappa shape index (κ3) is 5.19. The van der Waals surface area contributed by atoms with Crippen LogP contribution in [0.1, 0.15) is 54.9 Å². The number of hydrogen-bond acceptors (Lipinski definition) is 7. The van der Waals surface area contributed by atoms with Crippen molar-refractivity contribution in [2.45, 2.75) is 45.1 Å². The summed E-state index contributed by atoms with van der Waals surface area (Å²) in [7, 11) is 0. The summed E-state index contributed by atoms with van der Waals surface area (Å²) in [6, 6.07) is 5.64. The molecule has 0 saturated carbocycles. The predicted molar refractivity (Wildman–Crippen MR) is 106 cm³/mol. The molecule has 1 aliphatic heterocycles. The van der Waals surface area contributed by atoms with Crippen LogP contribution in [0.2, 0.25) is 0 Å². The molecule has 1 amide bonds. The van der Waals surface area contributed by atoms with Gasteiger partial charge in [0.1, 0.15) is 16.3 Å². The van der Waals surface area contributed by atoms with Gasteiger partial charge < -0.3 is 20.1 Å². The van der Waals surface area contributed by atoms with Crippen molar-refractivity contribution in [3.05, 3.63) is 35.0 Å². The Morgan fingerprint density at radius 3 is 2.82 bits per heavy atom. The fraction of sp³-hybridized carbons (Fsp3) is 0.474. The zero-order valence-corrected chi connectivity index (χ0v) is 17.0. The molecule has 0 radical (unpaired) electrons. The minimum atomic E-state index is -1.00. The van der Waals surface area contributed by atoms with Crippen LogP contribution in [0, 0.1) is 0 Å². The van der Waals surface area contributed by atoms with Crippen molar-refractivity contribution in [1.29, 1.82) is 0 Å². The summed E-state index contributed by atoms with van der Waals surface area (Å²) in [5.41, 5.74) is 0.363. The summed E-state index contributed by atoms with van der Waals surface area (Å²) in [5, 5.41) is 12.5. The summed E-state index contributed by atoms with van der Waals surface area (Å²) in [6.45, 7) is 6.82. The number of pyridine rings is 1. The first-order valence-corrected chi connectivity index (χ1v) is 9.94. The molecule has 1 fully saturated rings. The number of carbonyl (C=O) groups is 2. The molecule has 1 saturated heterocycles. The number of thiazole rings is 1. The maximum atomic E-state index is 12.4. The summed E-state index contributed by atoms with van der Waals surface area (Å²) in [6.07, 6.45) is 2.85. The number of anilines is 2. The molecule has 2 aromatic heterocycles. The quantitative estimate of drug-likeness (QED) is 0.790. The molecule has 0 aromatic carbocycles. The number of hydrogen-bond donors (Lipinski definition) is 2. The van der Waals surface area contributed by atoms with Crippen molar-refractivity contribution in [3.8, 4) is 0 Å². The second-order valence-electron chi connectivity index (χ2n) is 7.67. The van der Waals surface area contributed by atoms with Crippen LogP contribution in [-0.4, -0.2) is 50.7 Å². The standard InChI is InChI=1S/C19H24N4O4S/c1-19(2,3)27-18(26)23-9-5-6-12(11-23)13-7-4-8-15(21-13)22-17-20-10-14(28-17)16(24)25/h4,7-8,10,12H,5-6,9,11H2,1-3H3,(H,24,25)(H,20,21,22). The summed E-state index contributed by atoms with van der Waals surface area (Å²) >= 11 is 1.06. The number of piperidine rings is 1. The Labute approximate surface area is 167 Å². The molecule has 0 bridgehead atoms. The van der Waals surface area contributed by atoms with Crippen LogP contribution >= 0.6 is 11.3 Å². The fourth-order valence-corrected chi connectivity index (χ4v) is 3.66. The first-order valence-electron chi connectivity index (χ1n) is 9.12. The molecular formula is C19H24N4O4S. The molecule has 2 aromatic rings. The molecule has 0 spiro atoms. The summed E-state index contributed by atoms with van der Waals surface area (Å²) in [4.78, 5) is 34.0. The lowest BCUT2D eigenvalue weighted by Crippen LogP contribution is -2.42. The van der Waals surface area contributed by atoms with E-state index in [1.807, 2.05) is 32.9 Å². The van der Waals surface area contributed by atoms with Crippen LogP contribution in [0.5, 0.6) is 0 Å². The molecular weight excluding hydrogens is 380 g/mol. The number of aromatic carboxylic acids is 1. The maximum Gasteiger partial charge on any atom is 0.410 e. The average molecular weight is 404 g/mol. The molecule has 3 heterocycles. The third-order valence-corrected chi connectivity index (χ3v) is 5.11.